The average Bonchev–Trinajstić information content (AvgIpc) is 2.48. The van der Waals surface area contributed by atoms with E-state index in [2.05, 4.69) is 52.6 Å². The first-order valence-corrected chi connectivity index (χ1v) is 9.68. The van der Waals surface area contributed by atoms with E-state index < -0.39 is 0 Å². The van der Waals surface area contributed by atoms with Gasteiger partial charge >= 0.3 is 0 Å². The fourth-order valence-electron chi connectivity index (χ4n) is 3.50. The molecular formula is C17H24BrNOS. The van der Waals surface area contributed by atoms with Crippen molar-refractivity contribution in [3.05, 3.63) is 28.7 Å². The summed E-state index contributed by atoms with van der Waals surface area (Å²) in [5, 5.41) is 3.55. The first-order valence-electron chi connectivity index (χ1n) is 7.90. The summed E-state index contributed by atoms with van der Waals surface area (Å²) < 4.78 is 7.21. The van der Waals surface area contributed by atoms with Crippen LogP contribution in [0.25, 0.3) is 0 Å². The smallest absolute Gasteiger partial charge is 0.0685 e. The Bertz CT molecular complexity index is 460. The lowest BCUT2D eigenvalue weighted by Crippen LogP contribution is -2.50. The fraction of sp³-hybridized carbons (Fsp3) is 0.647. The van der Waals surface area contributed by atoms with Gasteiger partial charge in [0.1, 0.15) is 0 Å². The van der Waals surface area contributed by atoms with E-state index in [1.165, 1.54) is 37.0 Å². The van der Waals surface area contributed by atoms with Crippen molar-refractivity contribution in [1.82, 2.24) is 5.32 Å². The van der Waals surface area contributed by atoms with Crippen molar-refractivity contribution in [2.24, 2.45) is 5.92 Å². The second-order valence-corrected chi connectivity index (χ2v) is 8.31. The van der Waals surface area contributed by atoms with Gasteiger partial charge in [0.05, 0.1) is 5.60 Å². The first kappa shape index (κ1) is 15.9. The molecule has 21 heavy (non-hydrogen) atoms. The number of hydrogen-bond donors (Lipinski definition) is 1. The van der Waals surface area contributed by atoms with Crippen LogP contribution in [0.1, 0.15) is 32.1 Å². The van der Waals surface area contributed by atoms with E-state index in [-0.39, 0.29) is 5.60 Å². The Kier molecular flexibility index (Phi) is 5.31. The number of thioether (sulfide) groups is 1. The molecule has 1 spiro atoms. The predicted molar refractivity (Wildman–Crippen MR) is 93.0 cm³/mol. The van der Waals surface area contributed by atoms with Crippen molar-refractivity contribution in [3.8, 4) is 0 Å². The summed E-state index contributed by atoms with van der Waals surface area (Å²) in [6, 6.07) is 9.21. The van der Waals surface area contributed by atoms with Crippen molar-refractivity contribution < 1.29 is 4.74 Å². The Labute approximate surface area is 140 Å². The maximum atomic E-state index is 6.06. The number of nitrogens with one attached hydrogen (secondary N) is 1. The van der Waals surface area contributed by atoms with E-state index in [9.17, 15) is 0 Å². The summed E-state index contributed by atoms with van der Waals surface area (Å²) in [4.78, 5) is 1.35. The summed E-state index contributed by atoms with van der Waals surface area (Å²) in [5.74, 6) is 1.89. The van der Waals surface area contributed by atoms with Crippen LogP contribution in [0.5, 0.6) is 0 Å². The summed E-state index contributed by atoms with van der Waals surface area (Å²) in [5.41, 5.74) is 0.250. The number of hydrogen-bond acceptors (Lipinski definition) is 3. The van der Waals surface area contributed by atoms with E-state index in [0.717, 1.165) is 22.8 Å². The largest absolute Gasteiger partial charge is 0.375 e. The van der Waals surface area contributed by atoms with Gasteiger partial charge in [0.25, 0.3) is 0 Å². The summed E-state index contributed by atoms with van der Waals surface area (Å²) in [7, 11) is 2.11. The second-order valence-electron chi connectivity index (χ2n) is 6.30. The van der Waals surface area contributed by atoms with Gasteiger partial charge < -0.3 is 10.1 Å². The minimum absolute atomic E-state index is 0.250. The lowest BCUT2D eigenvalue weighted by Gasteiger charge is -2.48. The molecule has 2 nitrogen and oxygen atoms in total. The van der Waals surface area contributed by atoms with Gasteiger partial charge in [-0.25, -0.2) is 0 Å². The molecule has 1 aliphatic carbocycles. The minimum atomic E-state index is 0.250. The van der Waals surface area contributed by atoms with E-state index in [1.807, 2.05) is 11.8 Å². The van der Waals surface area contributed by atoms with Gasteiger partial charge in [0, 0.05) is 27.8 Å². The number of halogens is 1. The first-order chi connectivity index (χ1) is 10.2. The normalized spacial score (nSPS) is 25.5. The molecule has 2 unspecified atom stereocenters. The Morgan fingerprint density at radius 3 is 2.76 bits per heavy atom. The molecule has 116 valence electrons. The predicted octanol–water partition coefficient (Wildman–Crippen LogP) is 4.48. The highest BCUT2D eigenvalue weighted by Gasteiger charge is 2.43. The van der Waals surface area contributed by atoms with Crippen LogP contribution in [0.15, 0.2) is 33.6 Å². The molecule has 2 aliphatic rings. The van der Waals surface area contributed by atoms with Crippen LogP contribution in [-0.4, -0.2) is 31.1 Å². The third kappa shape index (κ3) is 3.84. The molecule has 1 heterocycles. The SMILES string of the molecule is CNC(CSc1ccc(Br)cc1)C1CCOC2(CCC2)C1. The van der Waals surface area contributed by atoms with Gasteiger partial charge in [0.15, 0.2) is 0 Å². The molecule has 2 atom stereocenters. The van der Waals surface area contributed by atoms with E-state index >= 15 is 0 Å². The summed E-state index contributed by atoms with van der Waals surface area (Å²) >= 11 is 5.45. The molecule has 1 N–H and O–H groups in total. The highest BCUT2D eigenvalue weighted by atomic mass is 79.9. The van der Waals surface area contributed by atoms with Crippen LogP contribution in [-0.2, 0) is 4.74 Å². The zero-order valence-corrected chi connectivity index (χ0v) is 15.0. The van der Waals surface area contributed by atoms with E-state index in [4.69, 9.17) is 4.74 Å². The monoisotopic (exact) mass is 369 g/mol. The molecule has 1 aromatic rings. The molecule has 4 heteroatoms. The third-order valence-corrected chi connectivity index (χ3v) is 6.64. The fourth-order valence-corrected chi connectivity index (χ4v) is 4.90. The molecule has 2 fully saturated rings. The van der Waals surface area contributed by atoms with Crippen molar-refractivity contribution in [1.29, 1.82) is 0 Å². The number of benzene rings is 1. The Balaban J connectivity index is 1.55. The van der Waals surface area contributed by atoms with Crippen molar-refractivity contribution >= 4 is 27.7 Å². The quantitative estimate of drug-likeness (QED) is 0.773. The van der Waals surface area contributed by atoms with Crippen molar-refractivity contribution in [2.45, 2.75) is 48.6 Å². The number of ether oxygens (including phenoxy) is 1. The summed E-state index contributed by atoms with van der Waals surface area (Å²) in [6.07, 6.45) is 6.36. The molecule has 1 saturated carbocycles. The molecule has 1 aliphatic heterocycles. The van der Waals surface area contributed by atoms with Crippen LogP contribution in [0, 0.1) is 5.92 Å². The van der Waals surface area contributed by atoms with Crippen LogP contribution in [0.4, 0.5) is 0 Å². The van der Waals surface area contributed by atoms with Gasteiger partial charge in [-0.15, -0.1) is 11.8 Å². The molecule has 0 bridgehead atoms. The second kappa shape index (κ2) is 7.03. The molecular weight excluding hydrogens is 346 g/mol. The molecule has 0 radical (unpaired) electrons. The molecule has 1 saturated heterocycles. The van der Waals surface area contributed by atoms with Crippen LogP contribution < -0.4 is 5.32 Å². The van der Waals surface area contributed by atoms with Gasteiger partial charge in [0.2, 0.25) is 0 Å². The summed E-state index contributed by atoms with van der Waals surface area (Å²) in [6.45, 7) is 0.950. The van der Waals surface area contributed by atoms with E-state index in [1.54, 1.807) is 0 Å². The Morgan fingerprint density at radius 2 is 2.14 bits per heavy atom. The zero-order chi connectivity index (χ0) is 14.7. The van der Waals surface area contributed by atoms with Crippen molar-refractivity contribution in [2.75, 3.05) is 19.4 Å². The highest BCUT2D eigenvalue weighted by molar-refractivity contribution is 9.10. The maximum absolute atomic E-state index is 6.06. The standard InChI is InChI=1S/C17H24BrNOS/c1-19-16(12-21-15-5-3-14(18)4-6-15)13-7-10-20-17(11-13)8-2-9-17/h3-6,13,16,19H,2,7-12H2,1H3. The van der Waals surface area contributed by atoms with Gasteiger partial charge in [-0.2, -0.15) is 0 Å². The van der Waals surface area contributed by atoms with Crippen molar-refractivity contribution in [3.63, 3.8) is 0 Å². The number of rotatable bonds is 5. The third-order valence-electron chi connectivity index (χ3n) is 4.98. The molecule has 0 amide bonds. The van der Waals surface area contributed by atoms with Crippen LogP contribution in [0.2, 0.25) is 0 Å². The zero-order valence-electron chi connectivity index (χ0n) is 12.6. The van der Waals surface area contributed by atoms with Crippen LogP contribution >= 0.6 is 27.7 Å². The van der Waals surface area contributed by atoms with E-state index in [0.29, 0.717) is 6.04 Å². The van der Waals surface area contributed by atoms with Gasteiger partial charge in [-0.3, -0.25) is 0 Å². The highest BCUT2D eigenvalue weighted by Crippen LogP contribution is 2.45. The Morgan fingerprint density at radius 1 is 1.38 bits per heavy atom. The maximum Gasteiger partial charge on any atom is 0.0685 e. The molecule has 1 aromatic carbocycles. The van der Waals surface area contributed by atoms with Crippen LogP contribution in [0.3, 0.4) is 0 Å². The Hall–Kier alpha value is -0.0300. The van der Waals surface area contributed by atoms with Gasteiger partial charge in [-0.1, -0.05) is 15.9 Å². The topological polar surface area (TPSA) is 21.3 Å². The average molecular weight is 370 g/mol. The molecule has 3 rings (SSSR count). The molecule has 0 aromatic heterocycles. The lowest BCUT2D eigenvalue weighted by atomic mass is 9.70. The van der Waals surface area contributed by atoms with Gasteiger partial charge in [-0.05, 0) is 69.3 Å². The lowest BCUT2D eigenvalue weighted by molar-refractivity contribution is -0.146. The minimum Gasteiger partial charge on any atom is -0.375 e.